The molecule has 0 aromatic carbocycles. The summed E-state index contributed by atoms with van der Waals surface area (Å²) in [5.74, 6) is 5.33. The molecule has 25 heavy (non-hydrogen) atoms. The van der Waals surface area contributed by atoms with E-state index in [1.807, 2.05) is 0 Å². The zero-order valence-corrected chi connectivity index (χ0v) is 14.2. The van der Waals surface area contributed by atoms with E-state index in [4.69, 9.17) is 22.1 Å². The fourth-order valence-electron chi connectivity index (χ4n) is 2.99. The minimum absolute atomic E-state index is 0.0720. The minimum Gasteiger partial charge on any atom is -0.387 e. The molecular formula is C15H16ClN5O4. The van der Waals surface area contributed by atoms with Crippen LogP contribution in [0.3, 0.4) is 0 Å². The van der Waals surface area contributed by atoms with E-state index in [9.17, 15) is 14.8 Å². The average Bonchev–Trinajstić information content (AvgIpc) is 3.08. The second-order valence-electron chi connectivity index (χ2n) is 5.80. The Balaban J connectivity index is 2.19. The third kappa shape index (κ3) is 2.59. The molecule has 1 fully saturated rings. The summed E-state index contributed by atoms with van der Waals surface area (Å²) in [6.45, 7) is 3.08. The molecule has 1 aliphatic heterocycles. The Morgan fingerprint density at radius 1 is 1.64 bits per heavy atom. The van der Waals surface area contributed by atoms with E-state index < -0.39 is 34.9 Å². The van der Waals surface area contributed by atoms with Gasteiger partial charge in [-0.1, -0.05) is 22.7 Å². The van der Waals surface area contributed by atoms with Crippen molar-refractivity contribution in [2.24, 2.45) is 5.18 Å². The third-order valence-electron chi connectivity index (χ3n) is 4.20. The normalized spacial score (nSPS) is 30.0. The van der Waals surface area contributed by atoms with Gasteiger partial charge in [0.05, 0.1) is 5.39 Å². The Kier molecular flexibility index (Phi) is 4.28. The van der Waals surface area contributed by atoms with Crippen molar-refractivity contribution in [2.75, 3.05) is 5.73 Å². The fourth-order valence-corrected chi connectivity index (χ4v) is 3.36. The van der Waals surface area contributed by atoms with Crippen molar-refractivity contribution in [3.8, 4) is 11.8 Å². The number of aliphatic hydroxyl groups excluding tert-OH is 1. The van der Waals surface area contributed by atoms with Gasteiger partial charge < -0.3 is 20.1 Å². The standard InChI is InChI=1S/C15H16ClN5O4/c1-3-5-15(16)10(22)9(7(2)20-24)25-13(15)21-6-4-8-11(21)18-14(17)19-12(8)23/h4,6-7,9-10,13,22H,1-2H3,(H3,17,18,19,23)/t7-,9-,10?,13-,15-/m1/s1. The summed E-state index contributed by atoms with van der Waals surface area (Å²) >= 11 is 6.60. The number of hydrogen-bond donors (Lipinski definition) is 3. The van der Waals surface area contributed by atoms with Crippen molar-refractivity contribution >= 4 is 28.6 Å². The molecule has 9 nitrogen and oxygen atoms in total. The van der Waals surface area contributed by atoms with Gasteiger partial charge >= 0.3 is 0 Å². The van der Waals surface area contributed by atoms with Crippen LogP contribution in [0.25, 0.3) is 11.0 Å². The largest absolute Gasteiger partial charge is 0.387 e. The smallest absolute Gasteiger partial charge is 0.261 e. The van der Waals surface area contributed by atoms with Crippen LogP contribution >= 0.6 is 11.6 Å². The topological polar surface area (TPSA) is 136 Å². The molecule has 0 radical (unpaired) electrons. The summed E-state index contributed by atoms with van der Waals surface area (Å²) in [4.78, 5) is 27.9. The van der Waals surface area contributed by atoms with Gasteiger partial charge in [-0.3, -0.25) is 9.78 Å². The molecule has 0 amide bonds. The van der Waals surface area contributed by atoms with Gasteiger partial charge in [0.1, 0.15) is 18.2 Å². The van der Waals surface area contributed by atoms with Gasteiger partial charge in [0.2, 0.25) is 5.95 Å². The Morgan fingerprint density at radius 2 is 2.36 bits per heavy atom. The first kappa shape index (κ1) is 17.4. The second-order valence-corrected chi connectivity index (χ2v) is 6.42. The highest BCUT2D eigenvalue weighted by molar-refractivity contribution is 6.27. The molecule has 10 heteroatoms. The number of nitrogens with zero attached hydrogens (tertiary/aromatic N) is 3. The van der Waals surface area contributed by atoms with Gasteiger partial charge in [-0.15, -0.1) is 5.92 Å². The van der Waals surface area contributed by atoms with E-state index in [-0.39, 0.29) is 17.0 Å². The van der Waals surface area contributed by atoms with Crippen molar-refractivity contribution in [3.05, 3.63) is 27.5 Å². The molecule has 3 heterocycles. The summed E-state index contributed by atoms with van der Waals surface area (Å²) < 4.78 is 7.29. The molecule has 0 spiro atoms. The SMILES string of the molecule is CC#C[C@@]1(Cl)C(O)[C@@H]([C@@H](C)N=O)O[C@H]1n1ccc2c(=O)[nH]c(N)nc21. The lowest BCUT2D eigenvalue weighted by Crippen LogP contribution is -2.42. The molecule has 2 aromatic heterocycles. The first-order valence-corrected chi connectivity index (χ1v) is 7.86. The van der Waals surface area contributed by atoms with Crippen LogP contribution < -0.4 is 11.3 Å². The first-order valence-electron chi connectivity index (χ1n) is 7.48. The van der Waals surface area contributed by atoms with E-state index in [0.29, 0.717) is 0 Å². The van der Waals surface area contributed by atoms with Crippen molar-refractivity contribution in [1.82, 2.24) is 14.5 Å². The van der Waals surface area contributed by atoms with E-state index >= 15 is 0 Å². The molecule has 5 atom stereocenters. The van der Waals surface area contributed by atoms with Gasteiger partial charge in [0.25, 0.3) is 5.56 Å². The van der Waals surface area contributed by atoms with E-state index in [0.717, 1.165) is 0 Å². The molecule has 1 unspecified atom stereocenters. The van der Waals surface area contributed by atoms with Crippen LogP contribution in [0.15, 0.2) is 22.2 Å². The molecule has 1 aliphatic rings. The second kappa shape index (κ2) is 6.15. The quantitative estimate of drug-likeness (QED) is 0.416. The summed E-state index contributed by atoms with van der Waals surface area (Å²) in [5, 5.41) is 13.8. The number of nitrogen functional groups attached to an aromatic ring is 1. The Labute approximate surface area is 147 Å². The summed E-state index contributed by atoms with van der Waals surface area (Å²) in [7, 11) is 0. The van der Waals surface area contributed by atoms with Crippen molar-refractivity contribution in [1.29, 1.82) is 0 Å². The predicted octanol–water partition coefficient (Wildman–Crippen LogP) is 0.721. The van der Waals surface area contributed by atoms with Crippen LogP contribution in [0.2, 0.25) is 0 Å². The molecule has 2 aromatic rings. The Hall–Kier alpha value is -2.41. The number of rotatable bonds is 3. The minimum atomic E-state index is -1.55. The number of aliphatic hydroxyl groups is 1. The maximum Gasteiger partial charge on any atom is 0.261 e. The zero-order valence-electron chi connectivity index (χ0n) is 13.4. The molecule has 0 saturated carbocycles. The molecular weight excluding hydrogens is 350 g/mol. The van der Waals surface area contributed by atoms with Gasteiger partial charge in [-0.2, -0.15) is 9.89 Å². The number of H-pyrrole nitrogens is 1. The number of alkyl halides is 1. The number of aromatic amines is 1. The predicted molar refractivity (Wildman–Crippen MR) is 92.0 cm³/mol. The fraction of sp³-hybridized carbons (Fsp3) is 0.467. The lowest BCUT2D eigenvalue weighted by atomic mass is 9.96. The van der Waals surface area contributed by atoms with Crippen molar-refractivity contribution in [3.63, 3.8) is 0 Å². The van der Waals surface area contributed by atoms with Gasteiger partial charge in [-0.05, 0) is 19.9 Å². The molecule has 1 saturated heterocycles. The third-order valence-corrected chi connectivity index (χ3v) is 4.70. The van der Waals surface area contributed by atoms with Crippen molar-refractivity contribution < 1.29 is 9.84 Å². The highest BCUT2D eigenvalue weighted by Gasteiger charge is 2.57. The van der Waals surface area contributed by atoms with Gasteiger partial charge in [-0.25, -0.2) is 0 Å². The van der Waals surface area contributed by atoms with Crippen LogP contribution in [-0.2, 0) is 4.74 Å². The number of hydrogen-bond acceptors (Lipinski definition) is 7. The molecule has 3 rings (SSSR count). The first-order chi connectivity index (χ1) is 11.8. The highest BCUT2D eigenvalue weighted by atomic mass is 35.5. The van der Waals surface area contributed by atoms with Crippen LogP contribution in [0.4, 0.5) is 5.95 Å². The zero-order chi connectivity index (χ0) is 18.4. The number of anilines is 1. The van der Waals surface area contributed by atoms with Crippen LogP contribution in [0.5, 0.6) is 0 Å². The number of fused-ring (bicyclic) bond motifs is 1. The Morgan fingerprint density at radius 3 is 3.00 bits per heavy atom. The molecule has 0 bridgehead atoms. The van der Waals surface area contributed by atoms with E-state index in [2.05, 4.69) is 27.0 Å². The maximum atomic E-state index is 12.0. The number of nitrogens with one attached hydrogen (secondary N) is 1. The average molecular weight is 366 g/mol. The van der Waals surface area contributed by atoms with E-state index in [1.165, 1.54) is 17.6 Å². The molecule has 4 N–H and O–H groups in total. The van der Waals surface area contributed by atoms with Crippen LogP contribution in [0.1, 0.15) is 20.1 Å². The van der Waals surface area contributed by atoms with Gasteiger partial charge in [0, 0.05) is 6.20 Å². The number of ether oxygens (including phenoxy) is 1. The summed E-state index contributed by atoms with van der Waals surface area (Å²) in [5.41, 5.74) is 5.43. The highest BCUT2D eigenvalue weighted by Crippen LogP contribution is 2.45. The number of nitrogens with two attached hydrogens (primary N) is 1. The molecule has 0 aliphatic carbocycles. The summed E-state index contributed by atoms with van der Waals surface area (Å²) in [6.07, 6.45) is -1.70. The van der Waals surface area contributed by atoms with Crippen LogP contribution in [-0.4, -0.2) is 42.8 Å². The maximum absolute atomic E-state index is 12.0. The van der Waals surface area contributed by atoms with Gasteiger partial charge in [0.15, 0.2) is 16.7 Å². The monoisotopic (exact) mass is 365 g/mol. The summed E-state index contributed by atoms with van der Waals surface area (Å²) in [6, 6.07) is 0.682. The number of aromatic nitrogens is 3. The number of halogens is 1. The lowest BCUT2D eigenvalue weighted by Gasteiger charge is -2.26. The lowest BCUT2D eigenvalue weighted by molar-refractivity contribution is -0.0271. The van der Waals surface area contributed by atoms with Crippen LogP contribution in [0, 0.1) is 16.7 Å². The van der Waals surface area contributed by atoms with E-state index in [1.54, 1.807) is 13.1 Å². The Bertz CT molecular complexity index is 945. The molecule has 132 valence electrons. The number of nitroso groups, excluding NO2 is 1. The van der Waals surface area contributed by atoms with Crippen molar-refractivity contribution in [2.45, 2.75) is 43.2 Å².